The molecule has 0 N–H and O–H groups in total. The highest BCUT2D eigenvalue weighted by molar-refractivity contribution is 7.98. The van der Waals surface area contributed by atoms with Gasteiger partial charge in [0.05, 0.1) is 4.92 Å². The standard InChI is InChI=1S/C18H12FN5O2S/c19-14-5-3-13(4-6-14)18-21-20-16-9-10-17(22-23(16)18)27-11-12-1-7-15(8-2-12)24(25)26/h1-10H,11H2. The molecule has 0 bridgehead atoms. The van der Waals surface area contributed by atoms with Gasteiger partial charge in [0, 0.05) is 23.4 Å². The summed E-state index contributed by atoms with van der Waals surface area (Å²) in [7, 11) is 0. The smallest absolute Gasteiger partial charge is 0.258 e. The Kier molecular flexibility index (Phi) is 4.51. The Hall–Kier alpha value is -3.33. The van der Waals surface area contributed by atoms with Gasteiger partial charge in [-0.1, -0.05) is 23.9 Å². The molecule has 134 valence electrons. The third-order valence-corrected chi connectivity index (χ3v) is 4.87. The maximum Gasteiger partial charge on any atom is 0.269 e. The van der Waals surface area contributed by atoms with E-state index >= 15 is 0 Å². The van der Waals surface area contributed by atoms with Crippen LogP contribution in [0.2, 0.25) is 0 Å². The molecule has 2 heterocycles. The zero-order valence-electron chi connectivity index (χ0n) is 13.8. The molecule has 0 fully saturated rings. The third kappa shape index (κ3) is 3.63. The lowest BCUT2D eigenvalue weighted by Crippen LogP contribution is -1.97. The van der Waals surface area contributed by atoms with Crippen LogP contribution in [-0.4, -0.2) is 24.7 Å². The number of benzene rings is 2. The molecule has 0 unspecified atom stereocenters. The minimum Gasteiger partial charge on any atom is -0.258 e. The lowest BCUT2D eigenvalue weighted by molar-refractivity contribution is -0.384. The molecule has 0 spiro atoms. The molecule has 0 amide bonds. The molecule has 9 heteroatoms. The Morgan fingerprint density at radius 2 is 1.74 bits per heavy atom. The van der Waals surface area contributed by atoms with Crippen LogP contribution in [0.15, 0.2) is 65.7 Å². The zero-order chi connectivity index (χ0) is 18.8. The van der Waals surface area contributed by atoms with Crippen LogP contribution in [0.5, 0.6) is 0 Å². The summed E-state index contributed by atoms with van der Waals surface area (Å²) >= 11 is 1.50. The molecular formula is C18H12FN5O2S. The van der Waals surface area contributed by atoms with Crippen molar-refractivity contribution in [1.82, 2.24) is 19.8 Å². The number of hydrogen-bond donors (Lipinski definition) is 0. The Labute approximate surface area is 157 Å². The maximum atomic E-state index is 13.1. The number of fused-ring (bicyclic) bond motifs is 1. The van der Waals surface area contributed by atoms with Gasteiger partial charge in [-0.25, -0.2) is 4.39 Å². The third-order valence-electron chi connectivity index (χ3n) is 3.87. The predicted molar refractivity (Wildman–Crippen MR) is 98.8 cm³/mol. The number of hydrogen-bond acceptors (Lipinski definition) is 6. The number of halogens is 1. The summed E-state index contributed by atoms with van der Waals surface area (Å²) in [6, 6.07) is 16.1. The van der Waals surface area contributed by atoms with Gasteiger partial charge in [0.1, 0.15) is 10.8 Å². The number of nitrogens with zero attached hydrogens (tertiary/aromatic N) is 5. The van der Waals surface area contributed by atoms with E-state index in [4.69, 9.17) is 0 Å². The summed E-state index contributed by atoms with van der Waals surface area (Å²) in [5.41, 5.74) is 2.33. The van der Waals surface area contributed by atoms with E-state index < -0.39 is 4.92 Å². The van der Waals surface area contributed by atoms with E-state index in [-0.39, 0.29) is 11.5 Å². The van der Waals surface area contributed by atoms with Gasteiger partial charge in [-0.15, -0.1) is 10.2 Å². The molecule has 2 aromatic heterocycles. The van der Waals surface area contributed by atoms with Crippen LogP contribution in [-0.2, 0) is 5.75 Å². The highest BCUT2D eigenvalue weighted by Gasteiger charge is 2.11. The number of aromatic nitrogens is 4. The first-order chi connectivity index (χ1) is 13.1. The van der Waals surface area contributed by atoms with Crippen molar-refractivity contribution in [3.63, 3.8) is 0 Å². The summed E-state index contributed by atoms with van der Waals surface area (Å²) in [4.78, 5) is 10.3. The minimum absolute atomic E-state index is 0.0664. The van der Waals surface area contributed by atoms with Crippen molar-refractivity contribution in [2.75, 3.05) is 0 Å². The van der Waals surface area contributed by atoms with Crippen molar-refractivity contribution >= 4 is 23.1 Å². The number of thioether (sulfide) groups is 1. The van der Waals surface area contributed by atoms with Gasteiger partial charge in [0.25, 0.3) is 5.69 Å². The van der Waals surface area contributed by atoms with E-state index in [2.05, 4.69) is 15.3 Å². The van der Waals surface area contributed by atoms with Gasteiger partial charge in [-0.2, -0.15) is 9.61 Å². The van der Waals surface area contributed by atoms with Gasteiger partial charge in [-0.3, -0.25) is 10.1 Å². The molecule has 0 aliphatic carbocycles. The van der Waals surface area contributed by atoms with Gasteiger partial charge in [0.2, 0.25) is 0 Å². The second-order valence-corrected chi connectivity index (χ2v) is 6.68. The molecule has 0 atom stereocenters. The lowest BCUT2D eigenvalue weighted by atomic mass is 10.2. The normalized spacial score (nSPS) is 11.0. The first-order valence-corrected chi connectivity index (χ1v) is 8.93. The van der Waals surface area contributed by atoms with Gasteiger partial charge >= 0.3 is 0 Å². The summed E-state index contributed by atoms with van der Waals surface area (Å²) < 4.78 is 14.8. The van der Waals surface area contributed by atoms with E-state index in [1.165, 1.54) is 36.0 Å². The Balaban J connectivity index is 1.56. The molecule has 0 aliphatic heterocycles. The first kappa shape index (κ1) is 17.1. The number of non-ortho nitro benzene ring substituents is 1. The fourth-order valence-electron chi connectivity index (χ4n) is 2.50. The first-order valence-electron chi connectivity index (χ1n) is 7.95. The van der Waals surface area contributed by atoms with Crippen molar-refractivity contribution in [1.29, 1.82) is 0 Å². The number of rotatable bonds is 5. The fraction of sp³-hybridized carbons (Fsp3) is 0.0556. The number of nitro benzene ring substituents is 1. The van der Waals surface area contributed by atoms with E-state index in [1.807, 2.05) is 12.1 Å². The second kappa shape index (κ2) is 7.12. The van der Waals surface area contributed by atoms with Crippen LogP contribution in [0.4, 0.5) is 10.1 Å². The maximum absolute atomic E-state index is 13.1. The van der Waals surface area contributed by atoms with Crippen LogP contribution in [0, 0.1) is 15.9 Å². The van der Waals surface area contributed by atoms with Crippen molar-refractivity contribution < 1.29 is 9.31 Å². The fourth-order valence-corrected chi connectivity index (χ4v) is 3.31. The molecule has 7 nitrogen and oxygen atoms in total. The molecular weight excluding hydrogens is 369 g/mol. The van der Waals surface area contributed by atoms with Crippen molar-refractivity contribution in [2.24, 2.45) is 0 Å². The van der Waals surface area contributed by atoms with Crippen molar-refractivity contribution in [3.8, 4) is 11.4 Å². The molecule has 0 saturated carbocycles. The molecule has 4 rings (SSSR count). The summed E-state index contributed by atoms with van der Waals surface area (Å²) in [5, 5.41) is 24.2. The van der Waals surface area contributed by atoms with Crippen LogP contribution in [0.3, 0.4) is 0 Å². The van der Waals surface area contributed by atoms with Gasteiger partial charge < -0.3 is 0 Å². The van der Waals surface area contributed by atoms with Crippen LogP contribution >= 0.6 is 11.8 Å². The van der Waals surface area contributed by atoms with E-state index in [1.54, 1.807) is 28.8 Å². The minimum atomic E-state index is -0.421. The molecule has 4 aromatic rings. The average Bonchev–Trinajstić information content (AvgIpc) is 3.10. The Bertz CT molecular complexity index is 1110. The summed E-state index contributed by atoms with van der Waals surface area (Å²) in [6.07, 6.45) is 0. The van der Waals surface area contributed by atoms with Gasteiger partial charge in [0.15, 0.2) is 11.5 Å². The summed E-state index contributed by atoms with van der Waals surface area (Å²) in [6.45, 7) is 0. The molecule has 27 heavy (non-hydrogen) atoms. The average molecular weight is 381 g/mol. The highest BCUT2D eigenvalue weighted by atomic mass is 32.2. The predicted octanol–water partition coefficient (Wildman–Crippen LogP) is 4.13. The van der Waals surface area contributed by atoms with Crippen molar-refractivity contribution in [3.05, 3.63) is 82.2 Å². The molecule has 0 aliphatic rings. The SMILES string of the molecule is O=[N+]([O-])c1ccc(CSc2ccc3nnc(-c4ccc(F)cc4)n3n2)cc1. The lowest BCUT2D eigenvalue weighted by Gasteiger charge is -2.04. The van der Waals surface area contributed by atoms with E-state index in [0.717, 1.165) is 10.6 Å². The van der Waals surface area contributed by atoms with Crippen molar-refractivity contribution in [2.45, 2.75) is 10.8 Å². The summed E-state index contributed by atoms with van der Waals surface area (Å²) in [5.74, 6) is 0.826. The molecule has 0 saturated heterocycles. The Morgan fingerprint density at radius 1 is 1.00 bits per heavy atom. The quantitative estimate of drug-likeness (QED) is 0.293. The zero-order valence-corrected chi connectivity index (χ0v) is 14.6. The van der Waals surface area contributed by atoms with E-state index in [0.29, 0.717) is 22.8 Å². The monoisotopic (exact) mass is 381 g/mol. The largest absolute Gasteiger partial charge is 0.269 e. The Morgan fingerprint density at radius 3 is 2.44 bits per heavy atom. The van der Waals surface area contributed by atoms with Gasteiger partial charge in [-0.05, 0) is 42.0 Å². The van der Waals surface area contributed by atoms with E-state index in [9.17, 15) is 14.5 Å². The second-order valence-electron chi connectivity index (χ2n) is 5.68. The molecule has 0 radical (unpaired) electrons. The van der Waals surface area contributed by atoms with Crippen LogP contribution < -0.4 is 0 Å². The molecule has 2 aromatic carbocycles. The van der Waals surface area contributed by atoms with Crippen LogP contribution in [0.25, 0.3) is 17.0 Å². The number of nitro groups is 1. The topological polar surface area (TPSA) is 86.2 Å². The van der Waals surface area contributed by atoms with Crippen LogP contribution in [0.1, 0.15) is 5.56 Å². The highest BCUT2D eigenvalue weighted by Crippen LogP contribution is 2.24.